The maximum atomic E-state index is 5.07. The largest absolute Gasteiger partial charge is 0.481 e. The molecule has 0 saturated heterocycles. The lowest BCUT2D eigenvalue weighted by atomic mass is 10.3. The maximum absolute atomic E-state index is 5.07. The highest BCUT2D eigenvalue weighted by atomic mass is 127. The summed E-state index contributed by atoms with van der Waals surface area (Å²) in [6.45, 7) is 6.52. The molecule has 0 saturated carbocycles. The molecule has 2 N–H and O–H groups in total. The number of benzene rings is 1. The van der Waals surface area contributed by atoms with Crippen molar-refractivity contribution in [2.75, 3.05) is 20.2 Å². The van der Waals surface area contributed by atoms with Gasteiger partial charge in [-0.15, -0.1) is 35.7 Å². The zero-order valence-corrected chi connectivity index (χ0v) is 18.6. The minimum absolute atomic E-state index is 0. The Morgan fingerprint density at radius 3 is 2.58 bits per heavy atom. The van der Waals surface area contributed by atoms with E-state index < -0.39 is 0 Å². The van der Waals surface area contributed by atoms with Crippen LogP contribution in [-0.2, 0) is 6.54 Å². The monoisotopic (exact) mass is 486 g/mol. The lowest BCUT2D eigenvalue weighted by Gasteiger charge is -2.15. The van der Waals surface area contributed by atoms with E-state index in [-0.39, 0.29) is 24.0 Å². The van der Waals surface area contributed by atoms with Crippen molar-refractivity contribution in [1.29, 1.82) is 0 Å². The second-order valence-corrected chi connectivity index (χ2v) is 7.04. The molecular weight excluding hydrogens is 459 g/mol. The molecular formula is C19H27IN4OS. The summed E-state index contributed by atoms with van der Waals surface area (Å²) in [7, 11) is 1.61. The lowest BCUT2D eigenvalue weighted by Crippen LogP contribution is -2.40. The predicted octanol–water partition coefficient (Wildman–Crippen LogP) is 3.94. The van der Waals surface area contributed by atoms with Crippen molar-refractivity contribution in [1.82, 2.24) is 15.6 Å². The van der Waals surface area contributed by atoms with E-state index in [0.717, 1.165) is 24.6 Å². The fourth-order valence-corrected chi connectivity index (χ4v) is 3.10. The van der Waals surface area contributed by atoms with E-state index in [4.69, 9.17) is 4.74 Å². The predicted molar refractivity (Wildman–Crippen MR) is 121 cm³/mol. The van der Waals surface area contributed by atoms with Gasteiger partial charge < -0.3 is 15.4 Å². The van der Waals surface area contributed by atoms with Crippen LogP contribution in [0.2, 0.25) is 0 Å². The topological polar surface area (TPSA) is 58.5 Å². The molecule has 0 aliphatic carbocycles. The summed E-state index contributed by atoms with van der Waals surface area (Å²) >= 11 is 1.85. The molecule has 142 valence electrons. The number of hydrogen-bond acceptors (Lipinski definition) is 4. The molecule has 1 unspecified atom stereocenters. The highest BCUT2D eigenvalue weighted by molar-refractivity contribution is 14.0. The molecule has 2 rings (SSSR count). The molecule has 1 atom stereocenters. The van der Waals surface area contributed by atoms with E-state index in [1.807, 2.05) is 30.0 Å². The number of nitrogens with one attached hydrogen (secondary N) is 2. The quantitative estimate of drug-likeness (QED) is 0.256. The first-order valence-corrected chi connectivity index (χ1v) is 9.32. The van der Waals surface area contributed by atoms with Gasteiger partial charge in [-0.1, -0.05) is 31.2 Å². The first-order chi connectivity index (χ1) is 12.2. The third-order valence-electron chi connectivity index (χ3n) is 3.41. The SMILES string of the molecule is CCNC(=NCc1ccc(OC)nc1)NCC(C)Sc1ccccc1.I. The van der Waals surface area contributed by atoms with Crippen molar-refractivity contribution in [3.8, 4) is 5.88 Å². The van der Waals surface area contributed by atoms with E-state index in [9.17, 15) is 0 Å². The normalized spacial score (nSPS) is 12.0. The van der Waals surface area contributed by atoms with Crippen LogP contribution >= 0.6 is 35.7 Å². The Labute approximate surface area is 177 Å². The van der Waals surface area contributed by atoms with Gasteiger partial charge in [-0.05, 0) is 24.6 Å². The van der Waals surface area contributed by atoms with Gasteiger partial charge in [0.2, 0.25) is 5.88 Å². The van der Waals surface area contributed by atoms with Crippen LogP contribution in [0.1, 0.15) is 19.4 Å². The van der Waals surface area contributed by atoms with Crippen LogP contribution in [0.4, 0.5) is 0 Å². The van der Waals surface area contributed by atoms with Crippen molar-refractivity contribution >= 4 is 41.7 Å². The Bertz CT molecular complexity index is 652. The average molecular weight is 486 g/mol. The maximum Gasteiger partial charge on any atom is 0.212 e. The molecule has 1 aromatic carbocycles. The van der Waals surface area contributed by atoms with Crippen LogP contribution in [-0.4, -0.2) is 36.4 Å². The number of aromatic nitrogens is 1. The highest BCUT2D eigenvalue weighted by Crippen LogP contribution is 2.21. The van der Waals surface area contributed by atoms with Crippen molar-refractivity contribution in [3.05, 3.63) is 54.2 Å². The van der Waals surface area contributed by atoms with Gasteiger partial charge >= 0.3 is 0 Å². The second kappa shape index (κ2) is 12.8. The molecule has 0 bridgehead atoms. The number of guanidine groups is 1. The third kappa shape index (κ3) is 8.27. The number of halogens is 1. The first kappa shape index (κ1) is 22.6. The molecule has 0 spiro atoms. The Morgan fingerprint density at radius 1 is 1.19 bits per heavy atom. The average Bonchev–Trinajstić information content (AvgIpc) is 2.65. The molecule has 0 aliphatic heterocycles. The number of methoxy groups -OCH3 is 1. The Hall–Kier alpha value is -1.48. The van der Waals surface area contributed by atoms with Crippen LogP contribution in [0.15, 0.2) is 58.5 Å². The lowest BCUT2D eigenvalue weighted by molar-refractivity contribution is 0.397. The Kier molecular flexibility index (Phi) is 11.1. The summed E-state index contributed by atoms with van der Waals surface area (Å²) in [5.74, 6) is 1.43. The van der Waals surface area contributed by atoms with Gasteiger partial charge in [0, 0.05) is 35.5 Å². The van der Waals surface area contributed by atoms with Crippen LogP contribution < -0.4 is 15.4 Å². The molecule has 1 heterocycles. The number of pyridine rings is 1. The van der Waals surface area contributed by atoms with E-state index in [1.54, 1.807) is 13.3 Å². The van der Waals surface area contributed by atoms with Gasteiger partial charge in [-0.25, -0.2) is 9.98 Å². The molecule has 0 amide bonds. The van der Waals surface area contributed by atoms with E-state index >= 15 is 0 Å². The molecule has 0 radical (unpaired) electrons. The van der Waals surface area contributed by atoms with Crippen molar-refractivity contribution in [2.45, 2.75) is 30.5 Å². The standard InChI is InChI=1S/C19H26N4OS.HI/c1-4-20-19(23-14-16-10-11-18(24-3)21-13-16)22-12-15(2)25-17-8-6-5-7-9-17;/h5-11,13,15H,4,12,14H2,1-3H3,(H2,20,22,23);1H. The molecule has 0 aliphatic rings. The summed E-state index contributed by atoms with van der Waals surface area (Å²) in [6, 6.07) is 14.3. The van der Waals surface area contributed by atoms with Gasteiger partial charge in [-0.2, -0.15) is 0 Å². The van der Waals surface area contributed by atoms with E-state index in [0.29, 0.717) is 17.7 Å². The smallest absolute Gasteiger partial charge is 0.212 e. The number of ether oxygens (including phenoxy) is 1. The highest BCUT2D eigenvalue weighted by Gasteiger charge is 2.06. The van der Waals surface area contributed by atoms with Crippen molar-refractivity contribution < 1.29 is 4.74 Å². The molecule has 5 nitrogen and oxygen atoms in total. The minimum Gasteiger partial charge on any atom is -0.481 e. The summed E-state index contributed by atoms with van der Waals surface area (Å²) in [4.78, 5) is 10.1. The summed E-state index contributed by atoms with van der Waals surface area (Å²) in [6.07, 6.45) is 1.79. The summed E-state index contributed by atoms with van der Waals surface area (Å²) in [5, 5.41) is 7.12. The Morgan fingerprint density at radius 2 is 1.96 bits per heavy atom. The van der Waals surface area contributed by atoms with Crippen molar-refractivity contribution in [3.63, 3.8) is 0 Å². The van der Waals surface area contributed by atoms with Gasteiger partial charge in [-0.3, -0.25) is 0 Å². The van der Waals surface area contributed by atoms with Gasteiger partial charge in [0.25, 0.3) is 0 Å². The molecule has 7 heteroatoms. The van der Waals surface area contributed by atoms with Crippen LogP contribution in [0.3, 0.4) is 0 Å². The second-order valence-electron chi connectivity index (χ2n) is 5.53. The zero-order valence-electron chi connectivity index (χ0n) is 15.4. The third-order valence-corrected chi connectivity index (χ3v) is 4.52. The summed E-state index contributed by atoms with van der Waals surface area (Å²) in [5.41, 5.74) is 1.05. The fraction of sp³-hybridized carbons (Fsp3) is 0.368. The number of hydrogen-bond donors (Lipinski definition) is 2. The van der Waals surface area contributed by atoms with Crippen LogP contribution in [0.5, 0.6) is 5.88 Å². The first-order valence-electron chi connectivity index (χ1n) is 8.44. The van der Waals surface area contributed by atoms with Crippen LogP contribution in [0, 0.1) is 0 Å². The minimum atomic E-state index is 0. The van der Waals surface area contributed by atoms with Gasteiger partial charge in [0.15, 0.2) is 5.96 Å². The van der Waals surface area contributed by atoms with Gasteiger partial charge in [0.1, 0.15) is 0 Å². The van der Waals surface area contributed by atoms with Crippen molar-refractivity contribution in [2.24, 2.45) is 4.99 Å². The molecule has 1 aromatic heterocycles. The van der Waals surface area contributed by atoms with E-state index in [1.165, 1.54) is 4.90 Å². The summed E-state index contributed by atoms with van der Waals surface area (Å²) < 4.78 is 5.07. The zero-order chi connectivity index (χ0) is 17.9. The number of thioether (sulfide) groups is 1. The molecule has 2 aromatic rings. The van der Waals surface area contributed by atoms with E-state index in [2.05, 4.69) is 58.7 Å². The number of nitrogens with zero attached hydrogens (tertiary/aromatic N) is 2. The number of rotatable bonds is 8. The molecule has 0 fully saturated rings. The van der Waals surface area contributed by atoms with Crippen LogP contribution in [0.25, 0.3) is 0 Å². The van der Waals surface area contributed by atoms with Gasteiger partial charge in [0.05, 0.1) is 13.7 Å². The fourth-order valence-electron chi connectivity index (χ4n) is 2.15. The molecule has 26 heavy (non-hydrogen) atoms. The Balaban J connectivity index is 0.00000338. The number of aliphatic imine (C=N–C) groups is 1.